The van der Waals surface area contributed by atoms with Crippen LogP contribution in [0.1, 0.15) is 31.2 Å². The average Bonchev–Trinajstić information content (AvgIpc) is 3.71. The van der Waals surface area contributed by atoms with E-state index in [-0.39, 0.29) is 5.75 Å². The lowest BCUT2D eigenvalue weighted by molar-refractivity contribution is 0.469. The lowest BCUT2D eigenvalue weighted by Crippen LogP contribution is -2.20. The van der Waals surface area contributed by atoms with Crippen LogP contribution in [0, 0.1) is 11.7 Å². The van der Waals surface area contributed by atoms with Gasteiger partial charge in [-0.1, -0.05) is 25.0 Å². The standard InChI is InChI=1S/C32H29FN6O/c33-23-9-21(10-24(40)11-23)25-6-3-7-28-26(25)12-30(37-28)32-27-13-29(36-18-31(27)38-39-32)22-8-20(16-35-17-22)15-34-14-19-4-1-2-5-19/h3,6-13,16-19,34,37,40H,1-2,4-5,14-15H2,(H,38,39). The maximum atomic E-state index is 14.0. The summed E-state index contributed by atoms with van der Waals surface area (Å²) in [6.45, 7) is 1.84. The first-order chi connectivity index (χ1) is 19.6. The summed E-state index contributed by atoms with van der Waals surface area (Å²) in [7, 11) is 0. The van der Waals surface area contributed by atoms with Gasteiger partial charge in [-0.15, -0.1) is 0 Å². The van der Waals surface area contributed by atoms with E-state index in [9.17, 15) is 9.50 Å². The lowest BCUT2D eigenvalue weighted by atomic mass is 10.0. The first-order valence-electron chi connectivity index (χ1n) is 13.7. The number of halogens is 1. The van der Waals surface area contributed by atoms with Gasteiger partial charge in [-0.3, -0.25) is 15.1 Å². The van der Waals surface area contributed by atoms with Crippen molar-refractivity contribution in [2.24, 2.45) is 5.92 Å². The first-order valence-corrected chi connectivity index (χ1v) is 13.7. The number of hydrogen-bond acceptors (Lipinski definition) is 5. The number of nitrogens with zero attached hydrogens (tertiary/aromatic N) is 3. The van der Waals surface area contributed by atoms with Crippen molar-refractivity contribution in [1.82, 2.24) is 30.5 Å². The minimum atomic E-state index is -0.482. The number of aromatic amines is 2. The second-order valence-corrected chi connectivity index (χ2v) is 10.7. The molecule has 7 nitrogen and oxygen atoms in total. The molecule has 0 saturated heterocycles. The molecule has 1 aliphatic rings. The van der Waals surface area contributed by atoms with Gasteiger partial charge in [0.15, 0.2) is 0 Å². The molecule has 0 radical (unpaired) electrons. The van der Waals surface area contributed by atoms with E-state index in [4.69, 9.17) is 0 Å². The topological polar surface area (TPSA) is 103 Å². The summed E-state index contributed by atoms with van der Waals surface area (Å²) in [6, 6.07) is 16.1. The summed E-state index contributed by atoms with van der Waals surface area (Å²) in [5.41, 5.74) is 7.67. The number of pyridine rings is 2. The fraction of sp³-hybridized carbons (Fsp3) is 0.219. The summed E-state index contributed by atoms with van der Waals surface area (Å²) >= 11 is 0. The Balaban J connectivity index is 1.21. The Hall–Kier alpha value is -4.56. The van der Waals surface area contributed by atoms with Gasteiger partial charge in [-0.25, -0.2) is 4.39 Å². The number of aromatic hydroxyl groups is 1. The van der Waals surface area contributed by atoms with E-state index < -0.39 is 5.82 Å². The fourth-order valence-electron chi connectivity index (χ4n) is 5.90. The van der Waals surface area contributed by atoms with Gasteiger partial charge in [-0.05, 0) is 78.4 Å². The van der Waals surface area contributed by atoms with E-state index >= 15 is 0 Å². The van der Waals surface area contributed by atoms with E-state index in [1.165, 1.54) is 31.7 Å². The van der Waals surface area contributed by atoms with Crippen molar-refractivity contribution in [3.63, 3.8) is 0 Å². The number of phenolic OH excluding ortho intramolecular Hbond substituents is 1. The highest BCUT2D eigenvalue weighted by atomic mass is 19.1. The normalized spacial score (nSPS) is 14.0. The molecule has 1 saturated carbocycles. The Kier molecular flexibility index (Phi) is 6.24. The van der Waals surface area contributed by atoms with Crippen molar-refractivity contribution in [1.29, 1.82) is 0 Å². The van der Waals surface area contributed by atoms with Crippen molar-refractivity contribution >= 4 is 21.8 Å². The van der Waals surface area contributed by atoms with Crippen LogP contribution in [0.3, 0.4) is 0 Å². The van der Waals surface area contributed by atoms with Gasteiger partial charge in [0.05, 0.1) is 23.1 Å². The number of phenols is 1. The smallest absolute Gasteiger partial charge is 0.127 e. The van der Waals surface area contributed by atoms with E-state index in [2.05, 4.69) is 36.5 Å². The van der Waals surface area contributed by atoms with E-state index in [1.807, 2.05) is 42.7 Å². The highest BCUT2D eigenvalue weighted by molar-refractivity contribution is 6.01. The van der Waals surface area contributed by atoms with Crippen LogP contribution in [-0.2, 0) is 6.54 Å². The Labute approximate surface area is 230 Å². The molecular formula is C32H29FN6O. The third kappa shape index (κ3) is 4.71. The summed E-state index contributed by atoms with van der Waals surface area (Å²) < 4.78 is 14.0. The molecule has 4 aromatic heterocycles. The lowest BCUT2D eigenvalue weighted by Gasteiger charge is -2.11. The van der Waals surface area contributed by atoms with Crippen LogP contribution in [0.25, 0.3) is 55.6 Å². The number of H-pyrrole nitrogens is 2. The summed E-state index contributed by atoms with van der Waals surface area (Å²) in [6.07, 6.45) is 10.9. The van der Waals surface area contributed by atoms with Crippen LogP contribution in [0.5, 0.6) is 5.75 Å². The van der Waals surface area contributed by atoms with Crippen LogP contribution in [0.2, 0.25) is 0 Å². The number of nitrogens with one attached hydrogen (secondary N) is 3. The van der Waals surface area contributed by atoms with Crippen LogP contribution in [0.4, 0.5) is 4.39 Å². The average molecular weight is 533 g/mol. The number of rotatable bonds is 7. The van der Waals surface area contributed by atoms with Gasteiger partial charge in [0.1, 0.15) is 17.3 Å². The molecule has 8 heteroatoms. The summed E-state index contributed by atoms with van der Waals surface area (Å²) in [5.74, 6) is 0.204. The van der Waals surface area contributed by atoms with Crippen molar-refractivity contribution in [2.45, 2.75) is 32.2 Å². The van der Waals surface area contributed by atoms with Crippen LogP contribution in [0.15, 0.2) is 73.2 Å². The predicted molar refractivity (Wildman–Crippen MR) is 155 cm³/mol. The molecule has 4 heterocycles. The molecule has 2 aromatic carbocycles. The molecular weight excluding hydrogens is 503 g/mol. The molecule has 0 unspecified atom stereocenters. The second-order valence-electron chi connectivity index (χ2n) is 10.7. The summed E-state index contributed by atoms with van der Waals surface area (Å²) in [5, 5.41) is 23.1. The number of aromatic nitrogens is 5. The first kappa shape index (κ1) is 24.5. The molecule has 0 aliphatic heterocycles. The number of benzene rings is 2. The Morgan fingerprint density at radius 1 is 0.925 bits per heavy atom. The zero-order chi connectivity index (χ0) is 27.1. The van der Waals surface area contributed by atoms with E-state index in [0.717, 1.165) is 80.7 Å². The van der Waals surface area contributed by atoms with E-state index in [0.29, 0.717) is 5.56 Å². The molecule has 1 aliphatic carbocycles. The van der Waals surface area contributed by atoms with Gasteiger partial charge in [0, 0.05) is 46.9 Å². The molecule has 40 heavy (non-hydrogen) atoms. The minimum Gasteiger partial charge on any atom is -0.508 e. The Bertz CT molecular complexity index is 1810. The molecule has 0 bridgehead atoms. The highest BCUT2D eigenvalue weighted by Gasteiger charge is 2.16. The molecule has 0 amide bonds. The number of hydrogen-bond donors (Lipinski definition) is 4. The van der Waals surface area contributed by atoms with Gasteiger partial charge >= 0.3 is 0 Å². The maximum Gasteiger partial charge on any atom is 0.127 e. The molecule has 0 spiro atoms. The van der Waals surface area contributed by atoms with Gasteiger partial charge in [0.2, 0.25) is 0 Å². The third-order valence-corrected chi connectivity index (χ3v) is 7.89. The van der Waals surface area contributed by atoms with Crippen LogP contribution < -0.4 is 5.32 Å². The van der Waals surface area contributed by atoms with Gasteiger partial charge in [0.25, 0.3) is 0 Å². The second kappa shape index (κ2) is 10.2. The zero-order valence-electron chi connectivity index (χ0n) is 21.9. The van der Waals surface area contributed by atoms with Crippen molar-refractivity contribution in [3.05, 3.63) is 84.6 Å². The number of fused-ring (bicyclic) bond motifs is 2. The monoisotopic (exact) mass is 532 g/mol. The predicted octanol–water partition coefficient (Wildman–Crippen LogP) is 6.96. The van der Waals surface area contributed by atoms with Gasteiger partial charge in [-0.2, -0.15) is 5.10 Å². The fourth-order valence-corrected chi connectivity index (χ4v) is 5.90. The SMILES string of the molecule is Oc1cc(F)cc(-c2cccc3[nH]c(-c4n[nH]c5cnc(-c6cncc(CNCC7CCCC7)c6)cc45)cc23)c1. The van der Waals surface area contributed by atoms with Crippen molar-refractivity contribution in [2.75, 3.05) is 6.54 Å². The minimum absolute atomic E-state index is 0.107. The summed E-state index contributed by atoms with van der Waals surface area (Å²) in [4.78, 5) is 12.6. The third-order valence-electron chi connectivity index (χ3n) is 7.89. The van der Waals surface area contributed by atoms with Crippen molar-refractivity contribution < 1.29 is 9.50 Å². The molecule has 6 aromatic rings. The van der Waals surface area contributed by atoms with Gasteiger partial charge < -0.3 is 15.4 Å². The molecule has 7 rings (SSSR count). The zero-order valence-corrected chi connectivity index (χ0v) is 21.9. The quantitative estimate of drug-likeness (QED) is 0.178. The Morgan fingerprint density at radius 3 is 2.70 bits per heavy atom. The van der Waals surface area contributed by atoms with Crippen LogP contribution >= 0.6 is 0 Å². The molecule has 4 N–H and O–H groups in total. The molecule has 200 valence electrons. The largest absolute Gasteiger partial charge is 0.508 e. The Morgan fingerprint density at radius 2 is 1.82 bits per heavy atom. The highest BCUT2D eigenvalue weighted by Crippen LogP contribution is 2.36. The molecule has 1 fully saturated rings. The maximum absolute atomic E-state index is 14.0. The molecule has 0 atom stereocenters. The van der Waals surface area contributed by atoms with Crippen molar-refractivity contribution in [3.8, 4) is 39.5 Å². The van der Waals surface area contributed by atoms with Crippen LogP contribution in [-0.4, -0.2) is 36.8 Å². The van der Waals surface area contributed by atoms with E-state index in [1.54, 1.807) is 12.3 Å².